The zero-order valence-electron chi connectivity index (χ0n) is 10.3. The molecule has 0 saturated heterocycles. The Morgan fingerprint density at radius 1 is 1.44 bits per heavy atom. The normalized spacial score (nSPS) is 15.4. The topological polar surface area (TPSA) is 62.5 Å². The molecule has 18 heavy (non-hydrogen) atoms. The van der Waals surface area contributed by atoms with Gasteiger partial charge in [-0.05, 0) is 25.5 Å². The lowest BCUT2D eigenvalue weighted by molar-refractivity contribution is -0.131. The van der Waals surface area contributed by atoms with Crippen LogP contribution < -0.4 is 0 Å². The summed E-state index contributed by atoms with van der Waals surface area (Å²) < 4.78 is 1.47. The highest BCUT2D eigenvalue weighted by Gasteiger charge is 2.18. The first kappa shape index (κ1) is 12.4. The molecule has 1 N–H and O–H groups in total. The third-order valence-corrected chi connectivity index (χ3v) is 3.14. The van der Waals surface area contributed by atoms with Crippen LogP contribution in [0.5, 0.6) is 0 Å². The number of rotatable bonds is 3. The molecule has 0 aliphatic carbocycles. The molecule has 1 aromatic rings. The van der Waals surface area contributed by atoms with E-state index in [1.54, 1.807) is 17.2 Å². The van der Waals surface area contributed by atoms with Crippen LogP contribution in [0, 0.1) is 0 Å². The SMILES string of the molecule is CC1=CCN(C(=O)Cn2cccc2C(=O)O)CC1. The van der Waals surface area contributed by atoms with Crippen LogP contribution in [0.3, 0.4) is 0 Å². The van der Waals surface area contributed by atoms with Gasteiger partial charge in [0, 0.05) is 19.3 Å². The highest BCUT2D eigenvalue weighted by atomic mass is 16.4. The van der Waals surface area contributed by atoms with E-state index in [4.69, 9.17) is 5.11 Å². The van der Waals surface area contributed by atoms with Gasteiger partial charge in [0.2, 0.25) is 5.91 Å². The first-order valence-electron chi connectivity index (χ1n) is 5.90. The van der Waals surface area contributed by atoms with Crippen molar-refractivity contribution in [2.75, 3.05) is 13.1 Å². The number of carboxylic acids is 1. The zero-order valence-corrected chi connectivity index (χ0v) is 10.3. The van der Waals surface area contributed by atoms with Crippen molar-refractivity contribution in [1.82, 2.24) is 9.47 Å². The average Bonchev–Trinajstić information content (AvgIpc) is 2.78. The number of aromatic carboxylic acids is 1. The second-order valence-electron chi connectivity index (χ2n) is 4.47. The van der Waals surface area contributed by atoms with Gasteiger partial charge >= 0.3 is 5.97 Å². The molecular weight excluding hydrogens is 232 g/mol. The Labute approximate surface area is 105 Å². The maximum absolute atomic E-state index is 12.0. The third kappa shape index (κ3) is 2.61. The Morgan fingerprint density at radius 2 is 2.22 bits per heavy atom. The van der Waals surface area contributed by atoms with Gasteiger partial charge in [-0.15, -0.1) is 0 Å². The maximum Gasteiger partial charge on any atom is 0.352 e. The summed E-state index contributed by atoms with van der Waals surface area (Å²) in [5.74, 6) is -1.06. The van der Waals surface area contributed by atoms with Crippen LogP contribution >= 0.6 is 0 Å². The number of aromatic nitrogens is 1. The van der Waals surface area contributed by atoms with Gasteiger partial charge in [0.25, 0.3) is 0 Å². The van der Waals surface area contributed by atoms with Gasteiger partial charge < -0.3 is 14.6 Å². The van der Waals surface area contributed by atoms with Crippen molar-refractivity contribution in [1.29, 1.82) is 0 Å². The standard InChI is InChI=1S/C13H16N2O3/c1-10-4-7-14(8-5-10)12(16)9-15-6-2-3-11(15)13(17)18/h2-4,6H,5,7-9H2,1H3,(H,17,18). The van der Waals surface area contributed by atoms with Crippen molar-refractivity contribution in [2.24, 2.45) is 0 Å². The van der Waals surface area contributed by atoms with Crippen LogP contribution in [0.1, 0.15) is 23.8 Å². The van der Waals surface area contributed by atoms with Crippen LogP contribution in [0.25, 0.3) is 0 Å². The Bertz CT molecular complexity index is 502. The molecular formula is C13H16N2O3. The summed E-state index contributed by atoms with van der Waals surface area (Å²) in [6, 6.07) is 3.13. The van der Waals surface area contributed by atoms with Gasteiger partial charge in [-0.1, -0.05) is 11.6 Å². The molecule has 0 saturated carbocycles. The molecule has 2 heterocycles. The van der Waals surface area contributed by atoms with Crippen LogP contribution in [-0.2, 0) is 11.3 Å². The molecule has 0 fully saturated rings. The largest absolute Gasteiger partial charge is 0.477 e. The van der Waals surface area contributed by atoms with Crippen molar-refractivity contribution in [3.63, 3.8) is 0 Å². The minimum Gasteiger partial charge on any atom is -0.477 e. The van der Waals surface area contributed by atoms with Crippen LogP contribution in [0.2, 0.25) is 0 Å². The molecule has 5 nitrogen and oxygen atoms in total. The monoisotopic (exact) mass is 248 g/mol. The number of carbonyl (C=O) groups is 2. The summed E-state index contributed by atoms with van der Waals surface area (Å²) in [5, 5.41) is 8.96. The first-order valence-corrected chi connectivity index (χ1v) is 5.90. The van der Waals surface area contributed by atoms with Crippen molar-refractivity contribution in [3.05, 3.63) is 35.7 Å². The lowest BCUT2D eigenvalue weighted by Crippen LogP contribution is -2.37. The van der Waals surface area contributed by atoms with Crippen LogP contribution in [0.15, 0.2) is 30.0 Å². The average molecular weight is 248 g/mol. The minimum absolute atomic E-state index is 0.0440. The van der Waals surface area contributed by atoms with E-state index in [-0.39, 0.29) is 18.1 Å². The summed E-state index contributed by atoms with van der Waals surface area (Å²) >= 11 is 0. The molecule has 5 heteroatoms. The molecule has 0 spiro atoms. The van der Waals surface area contributed by atoms with Gasteiger partial charge in [0.15, 0.2) is 0 Å². The molecule has 1 aliphatic rings. The Hall–Kier alpha value is -2.04. The highest BCUT2D eigenvalue weighted by molar-refractivity contribution is 5.87. The molecule has 0 unspecified atom stereocenters. The molecule has 2 rings (SSSR count). The van der Waals surface area contributed by atoms with Crippen molar-refractivity contribution < 1.29 is 14.7 Å². The number of nitrogens with zero attached hydrogens (tertiary/aromatic N) is 2. The maximum atomic E-state index is 12.0. The number of hydrogen-bond donors (Lipinski definition) is 1. The van der Waals surface area contributed by atoms with Crippen molar-refractivity contribution >= 4 is 11.9 Å². The molecule has 96 valence electrons. The smallest absolute Gasteiger partial charge is 0.352 e. The highest BCUT2D eigenvalue weighted by Crippen LogP contribution is 2.11. The van der Waals surface area contributed by atoms with E-state index in [9.17, 15) is 9.59 Å². The quantitative estimate of drug-likeness (QED) is 0.822. The molecule has 1 aromatic heterocycles. The van der Waals surface area contributed by atoms with Crippen LogP contribution in [-0.4, -0.2) is 39.5 Å². The molecule has 0 radical (unpaired) electrons. The second-order valence-corrected chi connectivity index (χ2v) is 4.47. The summed E-state index contributed by atoms with van der Waals surface area (Å²) in [7, 11) is 0. The summed E-state index contributed by atoms with van der Waals surface area (Å²) in [4.78, 5) is 24.7. The Kier molecular flexibility index (Phi) is 3.50. The predicted molar refractivity (Wildman–Crippen MR) is 66.3 cm³/mol. The van der Waals surface area contributed by atoms with E-state index in [1.807, 2.05) is 6.08 Å². The number of carbonyl (C=O) groups excluding carboxylic acids is 1. The zero-order chi connectivity index (χ0) is 13.1. The summed E-state index contributed by atoms with van der Waals surface area (Å²) in [6.45, 7) is 3.47. The number of hydrogen-bond acceptors (Lipinski definition) is 2. The van der Waals surface area contributed by atoms with Gasteiger partial charge in [-0.25, -0.2) is 4.79 Å². The molecule has 0 bridgehead atoms. The van der Waals surface area contributed by atoms with E-state index in [1.165, 1.54) is 16.2 Å². The van der Waals surface area contributed by atoms with Crippen molar-refractivity contribution in [2.45, 2.75) is 19.9 Å². The van der Waals surface area contributed by atoms with E-state index in [0.29, 0.717) is 13.1 Å². The van der Waals surface area contributed by atoms with E-state index in [2.05, 4.69) is 6.92 Å². The molecule has 0 atom stereocenters. The van der Waals surface area contributed by atoms with E-state index < -0.39 is 5.97 Å². The molecule has 1 aliphatic heterocycles. The summed E-state index contributed by atoms with van der Waals surface area (Å²) in [5.41, 5.74) is 1.44. The third-order valence-electron chi connectivity index (χ3n) is 3.14. The fourth-order valence-corrected chi connectivity index (χ4v) is 1.99. The Morgan fingerprint density at radius 3 is 2.83 bits per heavy atom. The molecule has 1 amide bonds. The predicted octanol–water partition coefficient (Wildman–Crippen LogP) is 1.36. The van der Waals surface area contributed by atoms with E-state index >= 15 is 0 Å². The van der Waals surface area contributed by atoms with Gasteiger partial charge in [0.1, 0.15) is 12.2 Å². The minimum atomic E-state index is -1.01. The fourth-order valence-electron chi connectivity index (χ4n) is 1.99. The molecule has 0 aromatic carbocycles. The van der Waals surface area contributed by atoms with E-state index in [0.717, 1.165) is 6.42 Å². The lowest BCUT2D eigenvalue weighted by atomic mass is 10.1. The summed E-state index contributed by atoms with van der Waals surface area (Å²) in [6.07, 6.45) is 4.55. The van der Waals surface area contributed by atoms with Gasteiger partial charge in [0.05, 0.1) is 0 Å². The van der Waals surface area contributed by atoms with Gasteiger partial charge in [-0.2, -0.15) is 0 Å². The lowest BCUT2D eigenvalue weighted by Gasteiger charge is -2.25. The Balaban J connectivity index is 2.03. The first-order chi connectivity index (χ1) is 8.58. The van der Waals surface area contributed by atoms with Crippen LogP contribution in [0.4, 0.5) is 0 Å². The second kappa shape index (κ2) is 5.08. The fraction of sp³-hybridized carbons (Fsp3) is 0.385. The van der Waals surface area contributed by atoms with Gasteiger partial charge in [-0.3, -0.25) is 4.79 Å². The number of carboxylic acid groups (broad SMARTS) is 1. The van der Waals surface area contributed by atoms with Crippen molar-refractivity contribution in [3.8, 4) is 0 Å². The number of amides is 1.